The fourth-order valence-electron chi connectivity index (χ4n) is 2.76. The summed E-state index contributed by atoms with van der Waals surface area (Å²) in [6.07, 6.45) is 0. The molecule has 0 bridgehead atoms. The molecule has 0 spiro atoms. The van der Waals surface area contributed by atoms with E-state index in [4.69, 9.17) is 0 Å². The number of carbonyl (C=O) groups excluding carboxylic acids is 1. The molecule has 11 heteroatoms. The number of esters is 1. The Morgan fingerprint density at radius 2 is 1.85 bits per heavy atom. The summed E-state index contributed by atoms with van der Waals surface area (Å²) in [6, 6.07) is 5.20. The van der Waals surface area contributed by atoms with Crippen LogP contribution in [0.2, 0.25) is 0 Å². The molecule has 27 heavy (non-hydrogen) atoms. The molecular weight excluding hydrogens is 390 g/mol. The fourth-order valence-corrected chi connectivity index (χ4v) is 5.49. The number of ether oxygens (including phenoxy) is 1. The molecule has 0 atom stereocenters. The zero-order valence-corrected chi connectivity index (χ0v) is 17.0. The molecule has 0 N–H and O–H groups in total. The molecule has 1 aliphatic heterocycles. The Labute approximate surface area is 162 Å². The molecule has 0 aromatic carbocycles. The third kappa shape index (κ3) is 3.89. The molecule has 1 saturated heterocycles. The molecule has 146 valence electrons. The lowest BCUT2D eigenvalue weighted by molar-refractivity contribution is 0.0602. The van der Waals surface area contributed by atoms with E-state index >= 15 is 0 Å². The summed E-state index contributed by atoms with van der Waals surface area (Å²) < 4.78 is 31.9. The fraction of sp³-hybridized carbons (Fsp3) is 0.438. The van der Waals surface area contributed by atoms with Gasteiger partial charge in [0.2, 0.25) is 10.0 Å². The molecule has 1 aliphatic rings. The average molecular weight is 412 g/mol. The number of carbonyl (C=O) groups is 1. The first kappa shape index (κ1) is 19.5. The molecule has 2 aromatic heterocycles. The van der Waals surface area contributed by atoms with Crippen LogP contribution in [0.3, 0.4) is 0 Å². The molecule has 3 rings (SSSR count). The zero-order chi connectivity index (χ0) is 19.6. The highest BCUT2D eigenvalue weighted by molar-refractivity contribution is 7.89. The molecule has 0 radical (unpaired) electrons. The highest BCUT2D eigenvalue weighted by Gasteiger charge is 2.33. The second-order valence-corrected chi connectivity index (χ2v) is 8.96. The topological polar surface area (TPSA) is 95.9 Å². The Balaban J connectivity index is 1.71. The number of methoxy groups -OCH3 is 1. The molecule has 1 fully saturated rings. The van der Waals surface area contributed by atoms with E-state index < -0.39 is 16.0 Å². The van der Waals surface area contributed by atoms with Gasteiger partial charge in [-0.05, 0) is 23.6 Å². The summed E-state index contributed by atoms with van der Waals surface area (Å²) in [6.45, 7) is 1.59. The van der Waals surface area contributed by atoms with E-state index in [9.17, 15) is 13.2 Å². The SMILES string of the molecule is COC(=O)c1sccc1S(=O)(=O)N1CCN(c2ccc(N(C)C)nn2)CC1. The lowest BCUT2D eigenvalue weighted by Crippen LogP contribution is -2.49. The van der Waals surface area contributed by atoms with Gasteiger partial charge in [-0.15, -0.1) is 21.5 Å². The first-order valence-electron chi connectivity index (χ1n) is 8.26. The van der Waals surface area contributed by atoms with E-state index in [1.807, 2.05) is 36.0 Å². The van der Waals surface area contributed by atoms with Crippen LogP contribution >= 0.6 is 11.3 Å². The van der Waals surface area contributed by atoms with Crippen molar-refractivity contribution in [1.82, 2.24) is 14.5 Å². The number of nitrogens with zero attached hydrogens (tertiary/aromatic N) is 5. The van der Waals surface area contributed by atoms with Crippen LogP contribution < -0.4 is 9.80 Å². The third-order valence-electron chi connectivity index (χ3n) is 4.27. The molecule has 3 heterocycles. The van der Waals surface area contributed by atoms with E-state index in [0.717, 1.165) is 17.2 Å². The lowest BCUT2D eigenvalue weighted by atomic mass is 10.3. The van der Waals surface area contributed by atoms with E-state index in [-0.39, 0.29) is 9.77 Å². The van der Waals surface area contributed by atoms with Crippen molar-refractivity contribution in [1.29, 1.82) is 0 Å². The summed E-state index contributed by atoms with van der Waals surface area (Å²) in [5.74, 6) is 0.828. The first-order chi connectivity index (χ1) is 12.8. The molecule has 0 unspecified atom stereocenters. The van der Waals surface area contributed by atoms with Gasteiger partial charge in [-0.2, -0.15) is 4.31 Å². The van der Waals surface area contributed by atoms with Crippen LogP contribution in [0.5, 0.6) is 0 Å². The van der Waals surface area contributed by atoms with Crippen molar-refractivity contribution in [2.45, 2.75) is 4.90 Å². The zero-order valence-electron chi connectivity index (χ0n) is 15.3. The highest BCUT2D eigenvalue weighted by atomic mass is 32.2. The number of anilines is 2. The standard InChI is InChI=1S/C16H21N5O4S2/c1-19(2)13-4-5-14(18-17-13)20-7-9-21(10-8-20)27(23,24)12-6-11-26-15(12)16(22)25-3/h4-6,11H,7-10H2,1-3H3. The van der Waals surface area contributed by atoms with E-state index in [1.165, 1.54) is 17.5 Å². The van der Waals surface area contributed by atoms with Gasteiger partial charge in [0.15, 0.2) is 11.6 Å². The van der Waals surface area contributed by atoms with Gasteiger partial charge in [0.1, 0.15) is 9.77 Å². The minimum absolute atomic E-state index is 0.00271. The quantitative estimate of drug-likeness (QED) is 0.670. The van der Waals surface area contributed by atoms with Crippen molar-refractivity contribution in [2.75, 3.05) is 57.2 Å². The Kier molecular flexibility index (Phi) is 5.63. The second-order valence-electron chi connectivity index (χ2n) is 6.14. The second kappa shape index (κ2) is 7.79. The van der Waals surface area contributed by atoms with Gasteiger partial charge in [-0.25, -0.2) is 13.2 Å². The molecule has 0 aliphatic carbocycles. The smallest absolute Gasteiger partial charge is 0.349 e. The number of hydrogen-bond acceptors (Lipinski definition) is 9. The van der Waals surface area contributed by atoms with Crippen molar-refractivity contribution >= 4 is 39.0 Å². The molecular formula is C16H21N5O4S2. The highest BCUT2D eigenvalue weighted by Crippen LogP contribution is 2.27. The molecule has 0 saturated carbocycles. The minimum atomic E-state index is -3.75. The lowest BCUT2D eigenvalue weighted by Gasteiger charge is -2.34. The van der Waals surface area contributed by atoms with Crippen molar-refractivity contribution in [3.05, 3.63) is 28.5 Å². The summed E-state index contributed by atoms with van der Waals surface area (Å²) >= 11 is 1.06. The van der Waals surface area contributed by atoms with Crippen molar-refractivity contribution in [3.63, 3.8) is 0 Å². The van der Waals surface area contributed by atoms with Crippen LogP contribution in [0.4, 0.5) is 11.6 Å². The Morgan fingerprint density at radius 1 is 1.15 bits per heavy atom. The predicted molar refractivity (Wildman–Crippen MR) is 103 cm³/mol. The van der Waals surface area contributed by atoms with Gasteiger partial charge in [0, 0.05) is 40.3 Å². The number of aromatic nitrogens is 2. The van der Waals surface area contributed by atoms with Gasteiger partial charge >= 0.3 is 5.97 Å². The van der Waals surface area contributed by atoms with Crippen LogP contribution in [0.25, 0.3) is 0 Å². The molecule has 0 amide bonds. The van der Waals surface area contributed by atoms with Gasteiger partial charge in [-0.1, -0.05) is 0 Å². The largest absolute Gasteiger partial charge is 0.465 e. The van der Waals surface area contributed by atoms with Gasteiger partial charge in [0.05, 0.1) is 7.11 Å². The van der Waals surface area contributed by atoms with Gasteiger partial charge in [0.25, 0.3) is 0 Å². The molecule has 9 nitrogen and oxygen atoms in total. The predicted octanol–water partition coefficient (Wildman–Crippen LogP) is 0.902. The summed E-state index contributed by atoms with van der Waals surface area (Å²) in [5, 5.41) is 9.95. The number of rotatable bonds is 5. The maximum atomic E-state index is 12.9. The third-order valence-corrected chi connectivity index (χ3v) is 7.24. The van der Waals surface area contributed by atoms with Crippen LogP contribution in [0.1, 0.15) is 9.67 Å². The monoisotopic (exact) mass is 411 g/mol. The van der Waals surface area contributed by atoms with Crippen LogP contribution in [-0.4, -0.2) is 76.3 Å². The Morgan fingerprint density at radius 3 is 2.41 bits per heavy atom. The van der Waals surface area contributed by atoms with Crippen molar-refractivity contribution < 1.29 is 17.9 Å². The number of piperazine rings is 1. The van der Waals surface area contributed by atoms with Gasteiger partial charge in [-0.3, -0.25) is 0 Å². The summed E-state index contributed by atoms with van der Waals surface area (Å²) in [4.78, 5) is 15.8. The average Bonchev–Trinajstić information content (AvgIpc) is 3.18. The maximum absolute atomic E-state index is 12.9. The van der Waals surface area contributed by atoms with E-state index in [1.54, 1.807) is 5.38 Å². The van der Waals surface area contributed by atoms with Crippen LogP contribution in [0, 0.1) is 0 Å². The minimum Gasteiger partial charge on any atom is -0.465 e. The maximum Gasteiger partial charge on any atom is 0.349 e. The van der Waals surface area contributed by atoms with Gasteiger partial charge < -0.3 is 14.5 Å². The summed E-state index contributed by atoms with van der Waals surface area (Å²) in [5.41, 5.74) is 0. The number of sulfonamides is 1. The number of hydrogen-bond donors (Lipinski definition) is 0. The molecule has 2 aromatic rings. The van der Waals surface area contributed by atoms with Crippen molar-refractivity contribution in [2.24, 2.45) is 0 Å². The van der Waals surface area contributed by atoms with E-state index in [0.29, 0.717) is 32.0 Å². The van der Waals surface area contributed by atoms with Crippen LogP contribution in [0.15, 0.2) is 28.5 Å². The number of thiophene rings is 1. The van der Waals surface area contributed by atoms with Crippen LogP contribution in [-0.2, 0) is 14.8 Å². The normalized spacial score (nSPS) is 15.6. The first-order valence-corrected chi connectivity index (χ1v) is 10.6. The summed E-state index contributed by atoms with van der Waals surface area (Å²) in [7, 11) is 1.26. The Hall–Kier alpha value is -2.24. The van der Waals surface area contributed by atoms with Crippen molar-refractivity contribution in [3.8, 4) is 0 Å². The van der Waals surface area contributed by atoms with E-state index in [2.05, 4.69) is 14.9 Å². The Bertz CT molecular complexity index is 903.